The number of hydrogen-bond donors (Lipinski definition) is 2. The average molecular weight is 221 g/mol. The molecule has 1 atom stereocenters. The van der Waals surface area contributed by atoms with E-state index >= 15 is 0 Å². The first-order valence-corrected chi connectivity index (χ1v) is 5.65. The van der Waals surface area contributed by atoms with Gasteiger partial charge in [0.15, 0.2) is 4.62 Å². The summed E-state index contributed by atoms with van der Waals surface area (Å²) >= 11 is 5.77. The van der Waals surface area contributed by atoms with E-state index in [1.165, 1.54) is 6.92 Å². The van der Waals surface area contributed by atoms with Crippen LogP contribution in [0.1, 0.15) is 12.5 Å². The first-order valence-electron chi connectivity index (χ1n) is 3.66. The second-order valence-electron chi connectivity index (χ2n) is 2.86. The summed E-state index contributed by atoms with van der Waals surface area (Å²) in [6.45, 7) is 1.31. The Kier molecular flexibility index (Phi) is 2.83. The van der Waals surface area contributed by atoms with Crippen molar-refractivity contribution in [1.29, 1.82) is 0 Å². The van der Waals surface area contributed by atoms with E-state index in [0.29, 0.717) is 5.56 Å². The largest absolute Gasteiger partial charge is 0.350 e. The van der Waals surface area contributed by atoms with Gasteiger partial charge in [-0.1, -0.05) is 30.3 Å². The Morgan fingerprint density at radius 3 is 2.15 bits per heavy atom. The lowest BCUT2D eigenvalue weighted by atomic mass is 10.2. The minimum atomic E-state index is -4.33. The summed E-state index contributed by atoms with van der Waals surface area (Å²) in [6, 6.07) is 8.31. The van der Waals surface area contributed by atoms with Crippen LogP contribution in [0.3, 0.4) is 0 Å². The maximum atomic E-state index is 11.0. The molecule has 1 aromatic carbocycles. The van der Waals surface area contributed by atoms with Gasteiger partial charge in [-0.25, -0.2) is 0 Å². The molecule has 5 heteroatoms. The zero-order chi connectivity index (χ0) is 10.1. The summed E-state index contributed by atoms with van der Waals surface area (Å²) in [6.07, 6.45) is 0. The first-order chi connectivity index (χ1) is 5.86. The highest BCUT2D eigenvalue weighted by molar-refractivity contribution is 7.55. The minimum absolute atomic E-state index is 0.421. The molecule has 0 spiro atoms. The van der Waals surface area contributed by atoms with Crippen molar-refractivity contribution in [1.82, 2.24) is 0 Å². The molecule has 1 aromatic rings. The third-order valence-corrected chi connectivity index (χ3v) is 4.08. The van der Waals surface area contributed by atoms with Gasteiger partial charge in [-0.3, -0.25) is 4.57 Å². The van der Waals surface area contributed by atoms with Gasteiger partial charge < -0.3 is 9.79 Å². The Balaban J connectivity index is 3.16. The molecule has 0 aromatic heterocycles. The van der Waals surface area contributed by atoms with E-state index in [1.807, 2.05) is 0 Å². The van der Waals surface area contributed by atoms with Gasteiger partial charge in [0.1, 0.15) is 0 Å². The van der Waals surface area contributed by atoms with Gasteiger partial charge in [-0.05, 0) is 12.5 Å². The quantitative estimate of drug-likeness (QED) is 0.594. The molecule has 13 heavy (non-hydrogen) atoms. The van der Waals surface area contributed by atoms with Crippen molar-refractivity contribution in [3.8, 4) is 0 Å². The summed E-state index contributed by atoms with van der Waals surface area (Å²) in [5.41, 5.74) is 0.421. The molecule has 0 aliphatic heterocycles. The van der Waals surface area contributed by atoms with Gasteiger partial charge in [0.2, 0.25) is 0 Å². The van der Waals surface area contributed by atoms with Crippen molar-refractivity contribution in [2.24, 2.45) is 0 Å². The topological polar surface area (TPSA) is 57.5 Å². The smallest absolute Gasteiger partial charge is 0.323 e. The third-order valence-electron chi connectivity index (χ3n) is 1.85. The van der Waals surface area contributed by atoms with Crippen molar-refractivity contribution in [3.05, 3.63) is 35.9 Å². The summed E-state index contributed by atoms with van der Waals surface area (Å²) < 4.78 is 9.39. The Labute approximate surface area is 81.5 Å². The Morgan fingerprint density at radius 1 is 1.31 bits per heavy atom. The zero-order valence-electron chi connectivity index (χ0n) is 7.01. The van der Waals surface area contributed by atoms with Crippen molar-refractivity contribution >= 4 is 19.2 Å². The second kappa shape index (κ2) is 3.43. The van der Waals surface area contributed by atoms with E-state index in [1.54, 1.807) is 30.3 Å². The van der Waals surface area contributed by atoms with E-state index in [-0.39, 0.29) is 0 Å². The normalized spacial score (nSPS) is 16.6. The van der Waals surface area contributed by atoms with Gasteiger partial charge in [-0.2, -0.15) is 0 Å². The lowest BCUT2D eigenvalue weighted by Crippen LogP contribution is -2.13. The van der Waals surface area contributed by atoms with Crippen LogP contribution in [0.2, 0.25) is 0 Å². The van der Waals surface area contributed by atoms with Crippen LogP contribution in [-0.2, 0) is 9.18 Å². The van der Waals surface area contributed by atoms with Gasteiger partial charge in [0.05, 0.1) is 0 Å². The number of rotatable bonds is 2. The van der Waals surface area contributed by atoms with Gasteiger partial charge >= 0.3 is 7.60 Å². The zero-order valence-corrected chi connectivity index (χ0v) is 8.66. The van der Waals surface area contributed by atoms with Crippen LogP contribution in [0.15, 0.2) is 30.3 Å². The highest BCUT2D eigenvalue weighted by Gasteiger charge is 2.41. The first kappa shape index (κ1) is 10.7. The van der Waals surface area contributed by atoms with Gasteiger partial charge in [0, 0.05) is 0 Å². The summed E-state index contributed by atoms with van der Waals surface area (Å²) in [5, 5.41) is 0. The highest BCUT2D eigenvalue weighted by atomic mass is 35.5. The molecule has 0 aliphatic rings. The van der Waals surface area contributed by atoms with Crippen LogP contribution >= 0.6 is 19.2 Å². The molecule has 0 unspecified atom stereocenters. The molecular formula is C8H10ClO3P. The molecule has 1 rings (SSSR count). The van der Waals surface area contributed by atoms with Crippen molar-refractivity contribution in [3.63, 3.8) is 0 Å². The van der Waals surface area contributed by atoms with Gasteiger partial charge in [-0.15, -0.1) is 11.6 Å². The molecule has 0 bridgehead atoms. The maximum Gasteiger partial charge on any atom is 0.350 e. The molecule has 0 fully saturated rings. The Hall–Kier alpha value is -0.340. The highest BCUT2D eigenvalue weighted by Crippen LogP contribution is 2.59. The van der Waals surface area contributed by atoms with Crippen LogP contribution in [0.25, 0.3) is 0 Å². The van der Waals surface area contributed by atoms with Crippen LogP contribution < -0.4 is 0 Å². The predicted octanol–water partition coefficient (Wildman–Crippen LogP) is 2.28. The molecule has 3 nitrogen and oxygen atoms in total. The van der Waals surface area contributed by atoms with E-state index in [0.717, 1.165) is 0 Å². The van der Waals surface area contributed by atoms with E-state index in [2.05, 4.69) is 0 Å². The Bertz CT molecular complexity index is 331. The lowest BCUT2D eigenvalue weighted by molar-refractivity contribution is 0.354. The molecule has 0 saturated heterocycles. The molecule has 2 N–H and O–H groups in total. The lowest BCUT2D eigenvalue weighted by Gasteiger charge is -2.23. The standard InChI is InChI=1S/C8H10ClO3P/c1-8(9,13(10,11)12)7-5-3-2-4-6-7/h2-6H,1H3,(H2,10,11,12)/t8-/m1/s1. The van der Waals surface area contributed by atoms with Crippen molar-refractivity contribution in [2.45, 2.75) is 11.5 Å². The fraction of sp³-hybridized carbons (Fsp3) is 0.250. The average Bonchev–Trinajstić information content (AvgIpc) is 2.04. The molecule has 0 heterocycles. The van der Waals surface area contributed by atoms with E-state index in [9.17, 15) is 4.57 Å². The van der Waals surface area contributed by atoms with Gasteiger partial charge in [0.25, 0.3) is 0 Å². The molecule has 72 valence electrons. The number of benzene rings is 1. The second-order valence-corrected chi connectivity index (χ2v) is 5.87. The molecule has 0 aliphatic carbocycles. The van der Waals surface area contributed by atoms with Crippen LogP contribution in [0.5, 0.6) is 0 Å². The monoisotopic (exact) mass is 220 g/mol. The minimum Gasteiger partial charge on any atom is -0.323 e. The van der Waals surface area contributed by atoms with E-state index in [4.69, 9.17) is 21.4 Å². The van der Waals surface area contributed by atoms with Crippen LogP contribution in [-0.4, -0.2) is 9.79 Å². The Morgan fingerprint density at radius 2 is 1.77 bits per heavy atom. The van der Waals surface area contributed by atoms with Crippen molar-refractivity contribution < 1.29 is 14.4 Å². The summed E-state index contributed by atoms with van der Waals surface area (Å²) in [7, 11) is -4.33. The number of alkyl halides is 1. The molecule has 0 amide bonds. The molecule has 0 saturated carbocycles. The predicted molar refractivity (Wildman–Crippen MR) is 51.7 cm³/mol. The van der Waals surface area contributed by atoms with E-state index < -0.39 is 12.2 Å². The molecular weight excluding hydrogens is 211 g/mol. The summed E-state index contributed by atoms with van der Waals surface area (Å²) in [5.74, 6) is 0. The number of hydrogen-bond acceptors (Lipinski definition) is 1. The fourth-order valence-corrected chi connectivity index (χ4v) is 1.52. The maximum absolute atomic E-state index is 11.0. The number of halogens is 1. The third kappa shape index (κ3) is 2.12. The summed E-state index contributed by atoms with van der Waals surface area (Å²) in [4.78, 5) is 18.0. The van der Waals surface area contributed by atoms with Crippen molar-refractivity contribution in [2.75, 3.05) is 0 Å². The molecule has 0 radical (unpaired) electrons. The van der Waals surface area contributed by atoms with Crippen LogP contribution in [0, 0.1) is 0 Å². The SMILES string of the molecule is C[C@](Cl)(c1ccccc1)P(=O)(O)O. The van der Waals surface area contributed by atoms with Crippen LogP contribution in [0.4, 0.5) is 0 Å². The fourth-order valence-electron chi connectivity index (χ4n) is 0.911.